The third kappa shape index (κ3) is 3.06. The van der Waals surface area contributed by atoms with Gasteiger partial charge >= 0.3 is 0 Å². The lowest BCUT2D eigenvalue weighted by molar-refractivity contribution is 0.103. The van der Waals surface area contributed by atoms with Gasteiger partial charge in [-0.15, -0.1) is 11.3 Å². The molecule has 0 aliphatic carbocycles. The SMILES string of the molecule is O=C(Nc1cc(F)ccc1Br)c1ccc(Cl)s1. The van der Waals surface area contributed by atoms with Gasteiger partial charge in [0.15, 0.2) is 0 Å². The molecule has 1 heterocycles. The van der Waals surface area contributed by atoms with E-state index in [1.165, 1.54) is 29.5 Å². The number of nitrogens with one attached hydrogen (secondary N) is 1. The van der Waals surface area contributed by atoms with E-state index in [1.54, 1.807) is 12.1 Å². The van der Waals surface area contributed by atoms with Crippen LogP contribution in [0.25, 0.3) is 0 Å². The van der Waals surface area contributed by atoms with Crippen LogP contribution in [-0.2, 0) is 0 Å². The van der Waals surface area contributed by atoms with Gasteiger partial charge in [-0.2, -0.15) is 0 Å². The van der Waals surface area contributed by atoms with Crippen molar-refractivity contribution in [3.05, 3.63) is 49.8 Å². The number of carbonyl (C=O) groups excluding carboxylic acids is 1. The zero-order valence-corrected chi connectivity index (χ0v) is 11.5. The highest BCUT2D eigenvalue weighted by Gasteiger charge is 2.11. The van der Waals surface area contributed by atoms with Crippen molar-refractivity contribution < 1.29 is 9.18 Å². The lowest BCUT2D eigenvalue weighted by Crippen LogP contribution is -2.10. The average Bonchev–Trinajstić information content (AvgIpc) is 2.70. The number of carbonyl (C=O) groups is 1. The Morgan fingerprint density at radius 2 is 2.12 bits per heavy atom. The molecule has 17 heavy (non-hydrogen) atoms. The number of hydrogen-bond donors (Lipinski definition) is 1. The fraction of sp³-hybridized carbons (Fsp3) is 0. The second-order valence-electron chi connectivity index (χ2n) is 3.18. The van der Waals surface area contributed by atoms with E-state index in [1.807, 2.05) is 0 Å². The molecule has 0 aliphatic rings. The van der Waals surface area contributed by atoms with Gasteiger partial charge in [-0.3, -0.25) is 4.79 Å². The largest absolute Gasteiger partial charge is 0.320 e. The number of rotatable bonds is 2. The van der Waals surface area contributed by atoms with Crippen LogP contribution in [0, 0.1) is 5.82 Å². The van der Waals surface area contributed by atoms with Crippen molar-refractivity contribution in [1.82, 2.24) is 0 Å². The molecule has 1 aromatic heterocycles. The maximum Gasteiger partial charge on any atom is 0.265 e. The fourth-order valence-corrected chi connectivity index (χ4v) is 2.50. The molecule has 0 bridgehead atoms. The van der Waals surface area contributed by atoms with Crippen LogP contribution in [0.4, 0.5) is 10.1 Å². The number of halogens is 3. The molecule has 0 saturated heterocycles. The lowest BCUT2D eigenvalue weighted by atomic mass is 10.3. The molecule has 1 amide bonds. The zero-order valence-electron chi connectivity index (χ0n) is 8.34. The van der Waals surface area contributed by atoms with Crippen LogP contribution in [0.2, 0.25) is 4.34 Å². The highest BCUT2D eigenvalue weighted by molar-refractivity contribution is 9.10. The molecule has 0 atom stereocenters. The molecule has 6 heteroatoms. The van der Waals surface area contributed by atoms with Crippen LogP contribution < -0.4 is 5.32 Å². The Balaban J connectivity index is 2.21. The Hall–Kier alpha value is -0.910. The minimum Gasteiger partial charge on any atom is -0.320 e. The number of thiophene rings is 1. The summed E-state index contributed by atoms with van der Waals surface area (Å²) in [6, 6.07) is 7.35. The Bertz CT molecular complexity index is 572. The van der Waals surface area contributed by atoms with Crippen molar-refractivity contribution in [1.29, 1.82) is 0 Å². The fourth-order valence-electron chi connectivity index (χ4n) is 1.21. The molecule has 0 radical (unpaired) electrons. The molecule has 0 spiro atoms. The third-order valence-electron chi connectivity index (χ3n) is 1.97. The molecule has 2 rings (SSSR count). The van der Waals surface area contributed by atoms with Gasteiger partial charge in [0.25, 0.3) is 5.91 Å². The van der Waals surface area contributed by atoms with Crippen molar-refractivity contribution in [2.75, 3.05) is 5.32 Å². The summed E-state index contributed by atoms with van der Waals surface area (Å²) in [7, 11) is 0. The summed E-state index contributed by atoms with van der Waals surface area (Å²) in [5.74, 6) is -0.721. The van der Waals surface area contributed by atoms with Crippen molar-refractivity contribution in [3.63, 3.8) is 0 Å². The summed E-state index contributed by atoms with van der Waals surface area (Å²) >= 11 is 10.1. The van der Waals surface area contributed by atoms with Crippen LogP contribution >= 0.6 is 38.9 Å². The average molecular weight is 335 g/mol. The molecule has 1 aromatic carbocycles. The molecule has 0 fully saturated rings. The van der Waals surface area contributed by atoms with Gasteiger partial charge in [0.05, 0.1) is 14.9 Å². The summed E-state index contributed by atoms with van der Waals surface area (Å²) in [5, 5.41) is 2.61. The van der Waals surface area contributed by atoms with E-state index in [2.05, 4.69) is 21.2 Å². The summed E-state index contributed by atoms with van der Waals surface area (Å²) in [6.45, 7) is 0. The van der Waals surface area contributed by atoms with Crippen molar-refractivity contribution in [2.24, 2.45) is 0 Å². The normalized spacial score (nSPS) is 10.3. The second kappa shape index (κ2) is 5.16. The molecular weight excluding hydrogens is 329 g/mol. The summed E-state index contributed by atoms with van der Waals surface area (Å²) in [4.78, 5) is 12.3. The van der Waals surface area contributed by atoms with E-state index in [0.29, 0.717) is 19.4 Å². The van der Waals surface area contributed by atoms with E-state index < -0.39 is 5.82 Å². The van der Waals surface area contributed by atoms with Gasteiger partial charge in [-0.05, 0) is 46.3 Å². The van der Waals surface area contributed by atoms with Crippen LogP contribution in [0.3, 0.4) is 0 Å². The van der Waals surface area contributed by atoms with E-state index in [-0.39, 0.29) is 5.91 Å². The Kier molecular flexibility index (Phi) is 3.81. The van der Waals surface area contributed by atoms with E-state index in [4.69, 9.17) is 11.6 Å². The number of anilines is 1. The quantitative estimate of drug-likeness (QED) is 0.857. The smallest absolute Gasteiger partial charge is 0.265 e. The number of benzene rings is 1. The minimum atomic E-state index is -0.410. The monoisotopic (exact) mass is 333 g/mol. The van der Waals surface area contributed by atoms with Crippen LogP contribution in [-0.4, -0.2) is 5.91 Å². The molecule has 1 N–H and O–H groups in total. The molecule has 0 unspecified atom stereocenters. The van der Waals surface area contributed by atoms with Gasteiger partial charge in [-0.1, -0.05) is 11.6 Å². The van der Waals surface area contributed by atoms with Crippen molar-refractivity contribution in [2.45, 2.75) is 0 Å². The predicted molar refractivity (Wildman–Crippen MR) is 71.4 cm³/mol. The molecule has 2 nitrogen and oxygen atoms in total. The van der Waals surface area contributed by atoms with E-state index in [9.17, 15) is 9.18 Å². The van der Waals surface area contributed by atoms with Gasteiger partial charge < -0.3 is 5.32 Å². The Morgan fingerprint density at radius 1 is 1.35 bits per heavy atom. The van der Waals surface area contributed by atoms with Crippen molar-refractivity contribution in [3.8, 4) is 0 Å². The summed E-state index contributed by atoms with van der Waals surface area (Å²) in [5.41, 5.74) is 0.388. The topological polar surface area (TPSA) is 29.1 Å². The first-order valence-corrected chi connectivity index (χ1v) is 6.57. The predicted octanol–water partition coefficient (Wildman–Crippen LogP) is 4.56. The maximum absolute atomic E-state index is 13.0. The van der Waals surface area contributed by atoms with Gasteiger partial charge in [0.1, 0.15) is 5.82 Å². The van der Waals surface area contributed by atoms with Gasteiger partial charge in [0, 0.05) is 4.47 Å². The third-order valence-corrected chi connectivity index (χ3v) is 3.90. The number of hydrogen-bond acceptors (Lipinski definition) is 2. The second-order valence-corrected chi connectivity index (χ2v) is 5.75. The summed E-state index contributed by atoms with van der Waals surface area (Å²) in [6.07, 6.45) is 0. The zero-order chi connectivity index (χ0) is 12.4. The lowest BCUT2D eigenvalue weighted by Gasteiger charge is -2.05. The van der Waals surface area contributed by atoms with Crippen LogP contribution in [0.5, 0.6) is 0 Å². The maximum atomic E-state index is 13.0. The van der Waals surface area contributed by atoms with Crippen LogP contribution in [0.1, 0.15) is 9.67 Å². The highest BCUT2D eigenvalue weighted by atomic mass is 79.9. The van der Waals surface area contributed by atoms with E-state index >= 15 is 0 Å². The Labute approximate surface area is 115 Å². The van der Waals surface area contributed by atoms with Gasteiger partial charge in [0.2, 0.25) is 0 Å². The first-order valence-electron chi connectivity index (χ1n) is 4.58. The molecule has 88 valence electrons. The first kappa shape index (κ1) is 12.5. The first-order chi connectivity index (χ1) is 8.06. The van der Waals surface area contributed by atoms with Gasteiger partial charge in [-0.25, -0.2) is 4.39 Å². The number of amides is 1. The van der Waals surface area contributed by atoms with Crippen LogP contribution in [0.15, 0.2) is 34.8 Å². The summed E-state index contributed by atoms with van der Waals surface area (Å²) < 4.78 is 14.2. The standard InChI is InChI=1S/C11H6BrClFNOS/c12-7-2-1-6(14)5-8(7)15-11(16)9-3-4-10(13)17-9/h1-5H,(H,15,16). The van der Waals surface area contributed by atoms with Crippen molar-refractivity contribution >= 4 is 50.5 Å². The molecular formula is C11H6BrClFNOS. The minimum absolute atomic E-state index is 0.312. The molecule has 0 saturated carbocycles. The highest BCUT2D eigenvalue weighted by Crippen LogP contribution is 2.26. The molecule has 2 aromatic rings. The molecule has 0 aliphatic heterocycles. The van der Waals surface area contributed by atoms with E-state index in [0.717, 1.165) is 0 Å². The Morgan fingerprint density at radius 3 is 2.76 bits per heavy atom.